The van der Waals surface area contributed by atoms with Gasteiger partial charge in [-0.1, -0.05) is 0 Å². The molecule has 1 saturated heterocycles. The second-order valence-corrected chi connectivity index (χ2v) is 5.34. The Bertz CT molecular complexity index is 418. The summed E-state index contributed by atoms with van der Waals surface area (Å²) in [6.07, 6.45) is 0. The van der Waals surface area contributed by atoms with Crippen molar-refractivity contribution in [2.75, 3.05) is 18.0 Å². The largest absolute Gasteiger partial charge is 0.363 e. The average Bonchev–Trinajstić information content (AvgIpc) is 2.22. The fourth-order valence-electron chi connectivity index (χ4n) is 2.21. The lowest BCUT2D eigenvalue weighted by Crippen LogP contribution is -2.61. The monoisotopic (exact) mass is 240 g/mol. The molecule has 0 amide bonds. The molecule has 0 saturated carbocycles. The van der Waals surface area contributed by atoms with E-state index in [1.165, 1.54) is 12.1 Å². The number of hydrogen-bond donors (Lipinski definition) is 1. The summed E-state index contributed by atoms with van der Waals surface area (Å²) in [5.41, 5.74) is 0.418. The molecule has 94 valence electrons. The van der Waals surface area contributed by atoms with E-state index in [2.05, 4.69) is 19.2 Å². The number of benzene rings is 1. The molecule has 4 heteroatoms. The molecule has 1 aliphatic heterocycles. The molecule has 1 heterocycles. The zero-order valence-electron chi connectivity index (χ0n) is 10.4. The van der Waals surface area contributed by atoms with Gasteiger partial charge in [0.25, 0.3) is 0 Å². The topological polar surface area (TPSA) is 15.3 Å². The SMILES string of the molecule is CC1CNC(C)(C)CN1c1ccc(F)cc1F. The van der Waals surface area contributed by atoms with Gasteiger partial charge in [0.2, 0.25) is 0 Å². The van der Waals surface area contributed by atoms with E-state index in [1.807, 2.05) is 11.8 Å². The number of hydrogen-bond acceptors (Lipinski definition) is 2. The van der Waals surface area contributed by atoms with Crippen molar-refractivity contribution in [3.8, 4) is 0 Å². The Balaban J connectivity index is 2.31. The predicted octanol–water partition coefficient (Wildman–Crippen LogP) is 2.54. The highest BCUT2D eigenvalue weighted by Crippen LogP contribution is 2.26. The third kappa shape index (κ3) is 2.57. The van der Waals surface area contributed by atoms with E-state index in [9.17, 15) is 8.78 Å². The second-order valence-electron chi connectivity index (χ2n) is 5.34. The normalized spacial score (nSPS) is 23.8. The first kappa shape index (κ1) is 12.3. The highest BCUT2D eigenvalue weighted by molar-refractivity contribution is 5.50. The van der Waals surface area contributed by atoms with Crippen LogP contribution < -0.4 is 10.2 Å². The lowest BCUT2D eigenvalue weighted by Gasteiger charge is -2.44. The van der Waals surface area contributed by atoms with Gasteiger partial charge in [-0.15, -0.1) is 0 Å². The summed E-state index contributed by atoms with van der Waals surface area (Å²) in [7, 11) is 0. The van der Waals surface area contributed by atoms with Crippen molar-refractivity contribution in [2.45, 2.75) is 32.4 Å². The van der Waals surface area contributed by atoms with Crippen LogP contribution in [0.3, 0.4) is 0 Å². The van der Waals surface area contributed by atoms with Gasteiger partial charge in [-0.25, -0.2) is 8.78 Å². The molecule has 0 bridgehead atoms. The van der Waals surface area contributed by atoms with E-state index >= 15 is 0 Å². The Labute approximate surface area is 101 Å². The number of anilines is 1. The summed E-state index contributed by atoms with van der Waals surface area (Å²) in [5, 5.41) is 3.40. The molecule has 17 heavy (non-hydrogen) atoms. The number of piperazine rings is 1. The molecule has 1 fully saturated rings. The molecule has 0 radical (unpaired) electrons. The third-order valence-electron chi connectivity index (χ3n) is 3.19. The number of rotatable bonds is 1. The number of nitrogens with zero attached hydrogens (tertiary/aromatic N) is 1. The van der Waals surface area contributed by atoms with Crippen LogP contribution in [-0.2, 0) is 0 Å². The molecule has 1 aromatic rings. The first-order chi connectivity index (χ1) is 7.89. The van der Waals surface area contributed by atoms with Crippen molar-refractivity contribution in [1.82, 2.24) is 5.32 Å². The van der Waals surface area contributed by atoms with Crippen LogP contribution >= 0.6 is 0 Å². The first-order valence-corrected chi connectivity index (χ1v) is 5.86. The van der Waals surface area contributed by atoms with Crippen molar-refractivity contribution >= 4 is 5.69 Å². The number of nitrogens with one attached hydrogen (secondary N) is 1. The van der Waals surface area contributed by atoms with Crippen LogP contribution in [0.4, 0.5) is 14.5 Å². The second kappa shape index (κ2) is 4.26. The number of halogens is 2. The predicted molar refractivity (Wildman–Crippen MR) is 65.2 cm³/mol. The standard InChI is InChI=1S/C13H18F2N2/c1-9-7-16-13(2,3)8-17(9)12-5-4-10(14)6-11(12)15/h4-6,9,16H,7-8H2,1-3H3. The van der Waals surface area contributed by atoms with E-state index in [0.717, 1.165) is 12.6 Å². The highest BCUT2D eigenvalue weighted by Gasteiger charge is 2.31. The summed E-state index contributed by atoms with van der Waals surface area (Å²) < 4.78 is 26.7. The summed E-state index contributed by atoms with van der Waals surface area (Å²) in [6, 6.07) is 3.96. The van der Waals surface area contributed by atoms with Gasteiger partial charge >= 0.3 is 0 Å². The summed E-state index contributed by atoms with van der Waals surface area (Å²) in [4.78, 5) is 1.99. The van der Waals surface area contributed by atoms with Gasteiger partial charge in [0.1, 0.15) is 11.6 Å². The maximum atomic E-state index is 13.8. The lowest BCUT2D eigenvalue weighted by molar-refractivity contribution is 0.316. The van der Waals surface area contributed by atoms with Crippen molar-refractivity contribution in [1.29, 1.82) is 0 Å². The molecular weight excluding hydrogens is 222 g/mol. The van der Waals surface area contributed by atoms with Crippen molar-refractivity contribution in [3.63, 3.8) is 0 Å². The van der Waals surface area contributed by atoms with E-state index in [1.54, 1.807) is 0 Å². The highest BCUT2D eigenvalue weighted by atomic mass is 19.1. The minimum absolute atomic E-state index is 0.0622. The van der Waals surface area contributed by atoms with E-state index in [0.29, 0.717) is 12.2 Å². The maximum absolute atomic E-state index is 13.8. The molecule has 0 spiro atoms. The zero-order chi connectivity index (χ0) is 12.6. The maximum Gasteiger partial charge on any atom is 0.149 e. The molecule has 2 rings (SSSR count). The fourth-order valence-corrected chi connectivity index (χ4v) is 2.21. The van der Waals surface area contributed by atoms with Crippen LogP contribution in [0, 0.1) is 11.6 Å². The summed E-state index contributed by atoms with van der Waals surface area (Å²) in [6.45, 7) is 7.69. The molecule has 1 atom stereocenters. The minimum Gasteiger partial charge on any atom is -0.363 e. The Morgan fingerprint density at radius 3 is 2.71 bits per heavy atom. The Hall–Kier alpha value is -1.16. The van der Waals surface area contributed by atoms with E-state index in [-0.39, 0.29) is 11.6 Å². The molecule has 2 nitrogen and oxygen atoms in total. The van der Waals surface area contributed by atoms with Crippen molar-refractivity contribution in [3.05, 3.63) is 29.8 Å². The molecule has 1 aliphatic rings. The molecule has 0 aromatic heterocycles. The van der Waals surface area contributed by atoms with Crippen LogP contribution in [-0.4, -0.2) is 24.7 Å². The molecule has 0 aliphatic carbocycles. The fraction of sp³-hybridized carbons (Fsp3) is 0.538. The summed E-state index contributed by atoms with van der Waals surface area (Å²) >= 11 is 0. The van der Waals surface area contributed by atoms with Gasteiger partial charge < -0.3 is 10.2 Å². The average molecular weight is 240 g/mol. The summed E-state index contributed by atoms with van der Waals surface area (Å²) in [5.74, 6) is -1.03. The van der Waals surface area contributed by atoms with Gasteiger partial charge in [0.15, 0.2) is 0 Å². The van der Waals surface area contributed by atoms with Crippen LogP contribution in [0.1, 0.15) is 20.8 Å². The van der Waals surface area contributed by atoms with Crippen LogP contribution in [0.15, 0.2) is 18.2 Å². The Morgan fingerprint density at radius 2 is 2.06 bits per heavy atom. The molecule has 1 unspecified atom stereocenters. The molecule has 1 aromatic carbocycles. The van der Waals surface area contributed by atoms with Crippen molar-refractivity contribution in [2.24, 2.45) is 0 Å². The van der Waals surface area contributed by atoms with Crippen LogP contribution in [0.2, 0.25) is 0 Å². The van der Waals surface area contributed by atoms with Gasteiger partial charge in [-0.2, -0.15) is 0 Å². The molecule has 1 N–H and O–H groups in total. The van der Waals surface area contributed by atoms with Crippen LogP contribution in [0.25, 0.3) is 0 Å². The Kier molecular flexibility index (Phi) is 3.08. The van der Waals surface area contributed by atoms with E-state index < -0.39 is 11.6 Å². The first-order valence-electron chi connectivity index (χ1n) is 5.86. The Morgan fingerprint density at radius 1 is 1.35 bits per heavy atom. The third-order valence-corrected chi connectivity index (χ3v) is 3.19. The molecular formula is C13H18F2N2. The van der Waals surface area contributed by atoms with Gasteiger partial charge in [-0.05, 0) is 32.9 Å². The lowest BCUT2D eigenvalue weighted by atomic mass is 9.98. The van der Waals surface area contributed by atoms with Gasteiger partial charge in [-0.3, -0.25) is 0 Å². The van der Waals surface area contributed by atoms with Crippen molar-refractivity contribution < 1.29 is 8.78 Å². The van der Waals surface area contributed by atoms with Gasteiger partial charge in [0.05, 0.1) is 5.69 Å². The smallest absolute Gasteiger partial charge is 0.149 e. The van der Waals surface area contributed by atoms with Crippen LogP contribution in [0.5, 0.6) is 0 Å². The zero-order valence-corrected chi connectivity index (χ0v) is 10.4. The minimum atomic E-state index is -0.534. The van der Waals surface area contributed by atoms with E-state index in [4.69, 9.17) is 0 Å². The quantitative estimate of drug-likeness (QED) is 0.811. The van der Waals surface area contributed by atoms with Gasteiger partial charge in [0, 0.05) is 30.7 Å².